The lowest BCUT2D eigenvalue weighted by Gasteiger charge is -2.30. The van der Waals surface area contributed by atoms with E-state index < -0.39 is 0 Å². The Labute approximate surface area is 92.3 Å². The van der Waals surface area contributed by atoms with Crippen LogP contribution in [-0.2, 0) is 0 Å². The molecule has 1 aromatic rings. The highest BCUT2D eigenvalue weighted by Crippen LogP contribution is 2.31. The molecule has 1 fully saturated rings. The molecule has 0 amide bonds. The number of pyridine rings is 1. The van der Waals surface area contributed by atoms with E-state index >= 15 is 0 Å². The van der Waals surface area contributed by atoms with E-state index in [1.807, 2.05) is 12.3 Å². The summed E-state index contributed by atoms with van der Waals surface area (Å²) in [5.41, 5.74) is 0. The van der Waals surface area contributed by atoms with Gasteiger partial charge >= 0.3 is 0 Å². The van der Waals surface area contributed by atoms with Gasteiger partial charge in [0.25, 0.3) is 0 Å². The minimum absolute atomic E-state index is 0.699. The molecule has 0 aromatic carbocycles. The summed E-state index contributed by atoms with van der Waals surface area (Å²) in [5.74, 6) is 1.16. The number of hydrogen-bond donors (Lipinski definition) is 0. The minimum Gasteiger partial charge on any atom is -0.351 e. The van der Waals surface area contributed by atoms with Crippen molar-refractivity contribution in [2.75, 3.05) is 4.90 Å². The van der Waals surface area contributed by atoms with Crippen LogP contribution in [0.25, 0.3) is 0 Å². The van der Waals surface area contributed by atoms with Crippen LogP contribution < -0.4 is 4.90 Å². The summed E-state index contributed by atoms with van der Waals surface area (Å²) in [4.78, 5) is 7.01. The van der Waals surface area contributed by atoms with Gasteiger partial charge in [0, 0.05) is 18.3 Å². The van der Waals surface area contributed by atoms with Gasteiger partial charge in [-0.25, -0.2) is 4.98 Å². The number of anilines is 1. The van der Waals surface area contributed by atoms with E-state index in [1.165, 1.54) is 25.7 Å². The number of rotatable bonds is 3. The number of nitrogens with zero attached hydrogens (tertiary/aromatic N) is 2. The van der Waals surface area contributed by atoms with E-state index in [2.05, 4.69) is 35.9 Å². The van der Waals surface area contributed by atoms with Gasteiger partial charge in [-0.3, -0.25) is 0 Å². The SMILES string of the molecule is CCC1CC[C@@H](CC)N1c1ccccn1. The first-order valence-corrected chi connectivity index (χ1v) is 6.06. The standard InChI is InChI=1S/C13H20N2/c1-3-11-8-9-12(4-2)15(11)13-7-5-6-10-14-13/h5-7,10-12H,3-4,8-9H2,1-2H3/t11-,12?/m1/s1. The molecule has 1 aromatic heterocycles. The molecule has 2 heteroatoms. The Hall–Kier alpha value is -1.05. The first-order chi connectivity index (χ1) is 7.36. The molecule has 1 unspecified atom stereocenters. The summed E-state index contributed by atoms with van der Waals surface area (Å²) in [6.07, 6.45) is 7.00. The average molecular weight is 204 g/mol. The van der Waals surface area contributed by atoms with Gasteiger partial charge in [-0.2, -0.15) is 0 Å². The summed E-state index contributed by atoms with van der Waals surface area (Å²) in [6.45, 7) is 4.55. The topological polar surface area (TPSA) is 16.1 Å². The lowest BCUT2D eigenvalue weighted by molar-refractivity contribution is 0.592. The number of aromatic nitrogens is 1. The van der Waals surface area contributed by atoms with Crippen LogP contribution in [0, 0.1) is 0 Å². The monoisotopic (exact) mass is 204 g/mol. The second kappa shape index (κ2) is 4.65. The molecule has 15 heavy (non-hydrogen) atoms. The molecular formula is C13H20N2. The van der Waals surface area contributed by atoms with Crippen molar-refractivity contribution in [3.8, 4) is 0 Å². The molecule has 0 N–H and O–H groups in total. The fourth-order valence-corrected chi connectivity index (χ4v) is 2.64. The Balaban J connectivity index is 2.23. The van der Waals surface area contributed by atoms with Gasteiger partial charge in [-0.1, -0.05) is 19.9 Å². The van der Waals surface area contributed by atoms with E-state index in [1.54, 1.807) is 0 Å². The van der Waals surface area contributed by atoms with Gasteiger partial charge in [-0.15, -0.1) is 0 Å². The third kappa shape index (κ3) is 1.99. The van der Waals surface area contributed by atoms with Crippen molar-refractivity contribution in [1.82, 2.24) is 4.98 Å². The quantitative estimate of drug-likeness (QED) is 0.751. The van der Waals surface area contributed by atoms with Crippen molar-refractivity contribution in [1.29, 1.82) is 0 Å². The minimum atomic E-state index is 0.699. The normalized spacial score (nSPS) is 25.9. The van der Waals surface area contributed by atoms with Gasteiger partial charge in [0.1, 0.15) is 5.82 Å². The molecule has 2 atom stereocenters. The lowest BCUT2D eigenvalue weighted by atomic mass is 10.1. The second-order valence-electron chi connectivity index (χ2n) is 4.30. The molecule has 2 rings (SSSR count). The van der Waals surface area contributed by atoms with Crippen molar-refractivity contribution in [3.63, 3.8) is 0 Å². The van der Waals surface area contributed by atoms with E-state index in [0.29, 0.717) is 12.1 Å². The summed E-state index contributed by atoms with van der Waals surface area (Å²) >= 11 is 0. The molecule has 2 heterocycles. The third-order valence-electron chi connectivity index (χ3n) is 3.48. The van der Waals surface area contributed by atoms with Gasteiger partial charge in [0.05, 0.1) is 0 Å². The Morgan fingerprint density at radius 2 is 1.87 bits per heavy atom. The zero-order valence-corrected chi connectivity index (χ0v) is 9.69. The van der Waals surface area contributed by atoms with Crippen LogP contribution in [-0.4, -0.2) is 17.1 Å². The first kappa shape index (κ1) is 10.5. The molecule has 0 bridgehead atoms. The molecular weight excluding hydrogens is 184 g/mol. The van der Waals surface area contributed by atoms with E-state index in [-0.39, 0.29) is 0 Å². The van der Waals surface area contributed by atoms with Crippen molar-refractivity contribution in [2.24, 2.45) is 0 Å². The summed E-state index contributed by atoms with van der Waals surface area (Å²) in [7, 11) is 0. The molecule has 0 spiro atoms. The molecule has 82 valence electrons. The fourth-order valence-electron chi connectivity index (χ4n) is 2.64. The lowest BCUT2D eigenvalue weighted by Crippen LogP contribution is -2.36. The maximum Gasteiger partial charge on any atom is 0.128 e. The van der Waals surface area contributed by atoms with Crippen LogP contribution in [0.15, 0.2) is 24.4 Å². The van der Waals surface area contributed by atoms with Crippen LogP contribution >= 0.6 is 0 Å². The zero-order valence-electron chi connectivity index (χ0n) is 9.69. The van der Waals surface area contributed by atoms with Gasteiger partial charge in [0.2, 0.25) is 0 Å². The molecule has 1 aliphatic heterocycles. The predicted molar refractivity (Wildman–Crippen MR) is 64.1 cm³/mol. The van der Waals surface area contributed by atoms with Gasteiger partial charge in [-0.05, 0) is 37.8 Å². The summed E-state index contributed by atoms with van der Waals surface area (Å²) in [6, 6.07) is 7.60. The Morgan fingerprint density at radius 3 is 2.33 bits per heavy atom. The molecule has 0 saturated carbocycles. The highest BCUT2D eigenvalue weighted by molar-refractivity contribution is 5.42. The predicted octanol–water partition coefficient (Wildman–Crippen LogP) is 3.24. The smallest absolute Gasteiger partial charge is 0.128 e. The zero-order chi connectivity index (χ0) is 10.7. The maximum atomic E-state index is 4.48. The molecule has 1 saturated heterocycles. The van der Waals surface area contributed by atoms with Crippen molar-refractivity contribution < 1.29 is 0 Å². The third-order valence-corrected chi connectivity index (χ3v) is 3.48. The Bertz CT molecular complexity index is 285. The Morgan fingerprint density at radius 1 is 1.20 bits per heavy atom. The van der Waals surface area contributed by atoms with Gasteiger partial charge in [0.15, 0.2) is 0 Å². The highest BCUT2D eigenvalue weighted by Gasteiger charge is 2.31. The fraction of sp³-hybridized carbons (Fsp3) is 0.615. The molecule has 0 aliphatic carbocycles. The maximum absolute atomic E-state index is 4.48. The first-order valence-electron chi connectivity index (χ1n) is 6.06. The van der Waals surface area contributed by atoms with Crippen LogP contribution in [0.3, 0.4) is 0 Å². The summed E-state index contributed by atoms with van der Waals surface area (Å²) < 4.78 is 0. The van der Waals surface area contributed by atoms with Crippen molar-refractivity contribution in [3.05, 3.63) is 24.4 Å². The average Bonchev–Trinajstić information content (AvgIpc) is 2.72. The van der Waals surface area contributed by atoms with E-state index in [4.69, 9.17) is 0 Å². The van der Waals surface area contributed by atoms with Crippen molar-refractivity contribution >= 4 is 5.82 Å². The largest absolute Gasteiger partial charge is 0.351 e. The van der Waals surface area contributed by atoms with Gasteiger partial charge < -0.3 is 4.90 Å². The molecule has 0 radical (unpaired) electrons. The van der Waals surface area contributed by atoms with Crippen LogP contribution in [0.2, 0.25) is 0 Å². The van der Waals surface area contributed by atoms with E-state index in [0.717, 1.165) is 5.82 Å². The van der Waals surface area contributed by atoms with Crippen molar-refractivity contribution in [2.45, 2.75) is 51.6 Å². The summed E-state index contributed by atoms with van der Waals surface area (Å²) in [5, 5.41) is 0. The van der Waals surface area contributed by atoms with Crippen LogP contribution in [0.4, 0.5) is 5.82 Å². The van der Waals surface area contributed by atoms with Crippen LogP contribution in [0.1, 0.15) is 39.5 Å². The highest BCUT2D eigenvalue weighted by atomic mass is 15.3. The molecule has 2 nitrogen and oxygen atoms in total. The van der Waals surface area contributed by atoms with E-state index in [9.17, 15) is 0 Å². The van der Waals surface area contributed by atoms with Crippen LogP contribution in [0.5, 0.6) is 0 Å². The molecule has 1 aliphatic rings. The number of hydrogen-bond acceptors (Lipinski definition) is 2. The Kier molecular flexibility index (Phi) is 3.24. The second-order valence-corrected chi connectivity index (χ2v) is 4.30.